The number of allylic oxidation sites excluding steroid dienone is 1. The van der Waals surface area contributed by atoms with Gasteiger partial charge in [0.05, 0.1) is 0 Å². The fraction of sp³-hybridized carbons (Fsp3) is 0.375. The summed E-state index contributed by atoms with van der Waals surface area (Å²) in [5.74, 6) is 3.19. The number of rotatable bonds is 7. The molecule has 0 fully saturated rings. The Hall–Kier alpha value is -1.27. The molecule has 3 heteroatoms. The van der Waals surface area contributed by atoms with E-state index >= 15 is 0 Å². The van der Waals surface area contributed by atoms with Crippen LogP contribution in [0.1, 0.15) is 33.1 Å². The normalized spacial score (nSPS) is 12.0. The summed E-state index contributed by atoms with van der Waals surface area (Å²) >= 11 is 0. The first-order chi connectivity index (χ1) is 9.35. The Morgan fingerprint density at radius 3 is 1.79 bits per heavy atom. The zero-order chi connectivity index (χ0) is 13.5. The molecule has 0 unspecified atom stereocenters. The second kappa shape index (κ2) is 7.35. The quantitative estimate of drug-likeness (QED) is 0.603. The number of aromatic nitrogens is 2. The molecule has 0 radical (unpaired) electrons. The lowest BCUT2D eigenvalue weighted by atomic mass is 10.00. The van der Waals surface area contributed by atoms with E-state index in [9.17, 15) is 0 Å². The van der Waals surface area contributed by atoms with Gasteiger partial charge in [-0.25, -0.2) is 0 Å². The zero-order valence-electron chi connectivity index (χ0n) is 11.8. The van der Waals surface area contributed by atoms with E-state index in [0.29, 0.717) is 0 Å². The van der Waals surface area contributed by atoms with Gasteiger partial charge in [0.25, 0.3) is 0 Å². The van der Waals surface area contributed by atoms with Gasteiger partial charge in [-0.1, -0.05) is 32.8 Å². The minimum Gasteiger partial charge on any atom is -0.313 e. The molecule has 0 saturated heterocycles. The van der Waals surface area contributed by atoms with Crippen LogP contribution in [0.15, 0.2) is 60.9 Å². The molecule has 2 aromatic rings. The molecular weight excluding hydrogens is 251 g/mol. The predicted octanol–water partition coefficient (Wildman–Crippen LogP) is 5.34. The van der Waals surface area contributed by atoms with Crippen LogP contribution in [-0.2, 0) is 0 Å². The van der Waals surface area contributed by atoms with Gasteiger partial charge in [0.1, 0.15) is 8.22 Å². The van der Waals surface area contributed by atoms with E-state index in [4.69, 9.17) is 0 Å². The Kier molecular flexibility index (Phi) is 5.47. The molecule has 0 bridgehead atoms. The molecule has 0 saturated carbocycles. The van der Waals surface area contributed by atoms with Crippen molar-refractivity contribution in [2.75, 3.05) is 0 Å². The first-order valence-corrected chi connectivity index (χ1v) is 8.39. The van der Waals surface area contributed by atoms with Gasteiger partial charge in [-0.05, 0) is 42.4 Å². The highest BCUT2D eigenvalue weighted by molar-refractivity contribution is 7.57. The molecule has 0 spiro atoms. The van der Waals surface area contributed by atoms with Crippen molar-refractivity contribution in [1.29, 1.82) is 0 Å². The molecule has 2 aromatic heterocycles. The Morgan fingerprint density at radius 2 is 1.37 bits per heavy atom. The molecule has 0 N–H and O–H groups in total. The van der Waals surface area contributed by atoms with Crippen molar-refractivity contribution in [2.24, 2.45) is 5.92 Å². The van der Waals surface area contributed by atoms with Crippen molar-refractivity contribution in [3.8, 4) is 0 Å². The molecule has 0 aliphatic heterocycles. The monoisotopic (exact) mass is 274 g/mol. The SMILES string of the molecule is CCC(CC)CC=CP(n1cccc1)n1cccc1. The number of nitrogens with zero attached hydrogens (tertiary/aromatic N) is 2. The largest absolute Gasteiger partial charge is 0.313 e. The van der Waals surface area contributed by atoms with Crippen molar-refractivity contribution in [3.63, 3.8) is 0 Å². The second-order valence-electron chi connectivity index (χ2n) is 4.75. The van der Waals surface area contributed by atoms with Crippen LogP contribution in [0, 0.1) is 5.92 Å². The van der Waals surface area contributed by atoms with Crippen LogP contribution < -0.4 is 0 Å². The van der Waals surface area contributed by atoms with Crippen molar-refractivity contribution in [3.05, 3.63) is 60.9 Å². The molecule has 102 valence electrons. The predicted molar refractivity (Wildman–Crippen MR) is 84.4 cm³/mol. The molecule has 2 rings (SSSR count). The summed E-state index contributed by atoms with van der Waals surface area (Å²) in [5, 5.41) is 0. The van der Waals surface area contributed by atoms with Gasteiger partial charge in [-0.3, -0.25) is 0 Å². The lowest BCUT2D eigenvalue weighted by molar-refractivity contribution is 0.500. The van der Waals surface area contributed by atoms with Crippen LogP contribution >= 0.6 is 8.22 Å². The van der Waals surface area contributed by atoms with E-state index in [2.05, 4.69) is 83.5 Å². The van der Waals surface area contributed by atoms with Gasteiger partial charge >= 0.3 is 0 Å². The average molecular weight is 274 g/mol. The van der Waals surface area contributed by atoms with Crippen LogP contribution in [0.4, 0.5) is 0 Å². The first-order valence-electron chi connectivity index (χ1n) is 7.07. The van der Waals surface area contributed by atoms with E-state index in [1.807, 2.05) is 0 Å². The Morgan fingerprint density at radius 1 is 0.895 bits per heavy atom. The number of hydrogen-bond acceptors (Lipinski definition) is 0. The van der Waals surface area contributed by atoms with E-state index in [0.717, 1.165) is 5.92 Å². The number of hydrogen-bond donors (Lipinski definition) is 0. The third-order valence-corrected chi connectivity index (χ3v) is 5.47. The maximum atomic E-state index is 2.37. The maximum absolute atomic E-state index is 2.37. The third kappa shape index (κ3) is 3.84. The highest BCUT2D eigenvalue weighted by Crippen LogP contribution is 2.40. The maximum Gasteiger partial charge on any atom is 0.128 e. The van der Waals surface area contributed by atoms with E-state index < -0.39 is 8.22 Å². The van der Waals surface area contributed by atoms with Crippen LogP contribution in [0.3, 0.4) is 0 Å². The fourth-order valence-corrected chi connectivity index (χ4v) is 3.88. The molecule has 0 aromatic carbocycles. The van der Waals surface area contributed by atoms with E-state index in [1.165, 1.54) is 19.3 Å². The standard InChI is InChI=1S/C16H23N2P/c1-3-16(4-2)10-9-15-19(17-11-5-6-12-17)18-13-7-8-14-18/h5-9,11-16H,3-4,10H2,1-2H3. The first kappa shape index (κ1) is 14.1. The molecule has 0 atom stereocenters. The highest BCUT2D eigenvalue weighted by Gasteiger charge is 2.08. The molecular formula is C16H23N2P. The van der Waals surface area contributed by atoms with Gasteiger partial charge in [0, 0.05) is 24.8 Å². The van der Waals surface area contributed by atoms with Crippen molar-refractivity contribution < 1.29 is 0 Å². The van der Waals surface area contributed by atoms with Crippen molar-refractivity contribution >= 4 is 8.22 Å². The Bertz CT molecular complexity index is 433. The minimum atomic E-state index is -0.465. The molecule has 0 amide bonds. The summed E-state index contributed by atoms with van der Waals surface area (Å²) < 4.78 is 4.58. The van der Waals surface area contributed by atoms with Crippen LogP contribution in [-0.4, -0.2) is 8.68 Å². The summed E-state index contributed by atoms with van der Waals surface area (Å²) in [6.07, 6.45) is 14.7. The molecule has 19 heavy (non-hydrogen) atoms. The Labute approximate surface area is 117 Å². The highest BCUT2D eigenvalue weighted by atomic mass is 31.1. The van der Waals surface area contributed by atoms with E-state index in [1.54, 1.807) is 0 Å². The molecule has 2 nitrogen and oxygen atoms in total. The van der Waals surface area contributed by atoms with Crippen LogP contribution in [0.2, 0.25) is 0 Å². The lowest BCUT2D eigenvalue weighted by Crippen LogP contribution is -1.96. The molecule has 2 heterocycles. The van der Waals surface area contributed by atoms with Crippen molar-refractivity contribution in [2.45, 2.75) is 33.1 Å². The lowest BCUT2D eigenvalue weighted by Gasteiger charge is -2.17. The molecule has 0 aliphatic rings. The Balaban J connectivity index is 2.09. The third-order valence-electron chi connectivity index (χ3n) is 3.51. The van der Waals surface area contributed by atoms with Gasteiger partial charge in [0.2, 0.25) is 0 Å². The summed E-state index contributed by atoms with van der Waals surface area (Å²) in [6, 6.07) is 8.36. The van der Waals surface area contributed by atoms with Crippen LogP contribution in [0.5, 0.6) is 0 Å². The molecule has 0 aliphatic carbocycles. The summed E-state index contributed by atoms with van der Waals surface area (Å²) in [7, 11) is -0.465. The summed E-state index contributed by atoms with van der Waals surface area (Å²) in [6.45, 7) is 4.56. The smallest absolute Gasteiger partial charge is 0.128 e. The fourth-order valence-electron chi connectivity index (χ4n) is 2.17. The van der Waals surface area contributed by atoms with Crippen LogP contribution in [0.25, 0.3) is 0 Å². The van der Waals surface area contributed by atoms with Crippen molar-refractivity contribution in [1.82, 2.24) is 8.68 Å². The van der Waals surface area contributed by atoms with Gasteiger partial charge < -0.3 is 8.68 Å². The van der Waals surface area contributed by atoms with Gasteiger partial charge in [-0.2, -0.15) is 0 Å². The average Bonchev–Trinajstić information content (AvgIpc) is 3.12. The second-order valence-corrected chi connectivity index (χ2v) is 6.61. The van der Waals surface area contributed by atoms with Gasteiger partial charge in [0.15, 0.2) is 0 Å². The summed E-state index contributed by atoms with van der Waals surface area (Å²) in [5.41, 5.74) is 0. The summed E-state index contributed by atoms with van der Waals surface area (Å²) in [4.78, 5) is 0. The van der Waals surface area contributed by atoms with E-state index in [-0.39, 0.29) is 0 Å². The van der Waals surface area contributed by atoms with Gasteiger partial charge in [-0.15, -0.1) is 0 Å². The minimum absolute atomic E-state index is 0.465. The zero-order valence-corrected chi connectivity index (χ0v) is 12.7. The topological polar surface area (TPSA) is 9.86 Å².